The van der Waals surface area contributed by atoms with Gasteiger partial charge in [0.15, 0.2) is 5.82 Å². The summed E-state index contributed by atoms with van der Waals surface area (Å²) in [5.74, 6) is 0.990. The van der Waals surface area contributed by atoms with Crippen molar-refractivity contribution in [3.63, 3.8) is 0 Å². The fourth-order valence-corrected chi connectivity index (χ4v) is 4.80. The molecule has 0 spiro atoms. The molecule has 0 bridgehead atoms. The van der Waals surface area contributed by atoms with Crippen molar-refractivity contribution < 1.29 is 28.3 Å². The van der Waals surface area contributed by atoms with Gasteiger partial charge in [0.05, 0.1) is 28.5 Å². The number of hydrogen-bond acceptors (Lipinski definition) is 10. The second kappa shape index (κ2) is 11.1. The molecule has 0 radical (unpaired) electrons. The fraction of sp³-hybridized carbons (Fsp3) is 0.407. The Morgan fingerprint density at radius 2 is 1.95 bits per heavy atom. The molecule has 0 amide bonds. The van der Waals surface area contributed by atoms with Gasteiger partial charge in [-0.25, -0.2) is 23.4 Å². The van der Waals surface area contributed by atoms with Gasteiger partial charge in [-0.1, -0.05) is 0 Å². The lowest BCUT2D eigenvalue weighted by atomic mass is 10.0. The van der Waals surface area contributed by atoms with E-state index in [-0.39, 0.29) is 30.2 Å². The molecule has 1 aliphatic rings. The van der Waals surface area contributed by atoms with Crippen molar-refractivity contribution in [3.05, 3.63) is 70.3 Å². The maximum Gasteiger partial charge on any atom is 0.514 e. The van der Waals surface area contributed by atoms with Crippen LogP contribution in [-0.4, -0.2) is 54.8 Å². The molecular weight excluding hydrogens is 537 g/mol. The van der Waals surface area contributed by atoms with Gasteiger partial charge in [-0.05, 0) is 51.8 Å². The number of nitrogens with one attached hydrogen (secondary N) is 1. The maximum absolute atomic E-state index is 15.0. The predicted octanol–water partition coefficient (Wildman–Crippen LogP) is 5.28. The summed E-state index contributed by atoms with van der Waals surface area (Å²) in [7, 11) is 1.60. The van der Waals surface area contributed by atoms with E-state index in [9.17, 15) is 14.9 Å². The van der Waals surface area contributed by atoms with Crippen LogP contribution in [0, 0.1) is 10.1 Å². The summed E-state index contributed by atoms with van der Waals surface area (Å²) in [5, 5.41) is 23.5. The molecule has 0 unspecified atom stereocenters. The lowest BCUT2D eigenvalue weighted by Crippen LogP contribution is -2.25. The summed E-state index contributed by atoms with van der Waals surface area (Å²) in [4.78, 5) is 27.1. The molecule has 1 saturated carbocycles. The first-order valence-electron chi connectivity index (χ1n) is 13.0. The van der Waals surface area contributed by atoms with Crippen LogP contribution in [0.25, 0.3) is 5.52 Å². The number of nitro groups is 1. The molecule has 5 rings (SSSR count). The monoisotopic (exact) mass is 567 g/mol. The SMILES string of the molecule is COCc1cc2c(Nc3cc([C@@H]4C[C@H](F)[C@H](OC(=O)Oc5ccc([N+](=O)[O-])cc5)C4)nn3C(C)(C)C)nccn2n1. The summed E-state index contributed by atoms with van der Waals surface area (Å²) in [6, 6.07) is 8.69. The van der Waals surface area contributed by atoms with Gasteiger partial charge in [-0.3, -0.25) is 10.1 Å². The lowest BCUT2D eigenvalue weighted by Gasteiger charge is -2.22. The second-order valence-electron chi connectivity index (χ2n) is 10.8. The Labute approximate surface area is 234 Å². The summed E-state index contributed by atoms with van der Waals surface area (Å²) in [6.45, 7) is 6.38. The average molecular weight is 568 g/mol. The van der Waals surface area contributed by atoms with Crippen molar-refractivity contribution >= 4 is 29.0 Å². The molecule has 41 heavy (non-hydrogen) atoms. The maximum atomic E-state index is 15.0. The van der Waals surface area contributed by atoms with E-state index >= 15 is 4.39 Å². The third-order valence-electron chi connectivity index (χ3n) is 6.69. The Morgan fingerprint density at radius 3 is 2.63 bits per heavy atom. The average Bonchev–Trinajstić information content (AvgIpc) is 3.62. The first kappa shape index (κ1) is 28.0. The normalized spacial score (nSPS) is 18.9. The van der Waals surface area contributed by atoms with E-state index in [0.29, 0.717) is 23.9 Å². The number of nitrogens with zero attached hydrogens (tertiary/aromatic N) is 6. The van der Waals surface area contributed by atoms with Crippen molar-refractivity contribution in [3.8, 4) is 5.75 Å². The molecule has 1 aromatic carbocycles. The summed E-state index contributed by atoms with van der Waals surface area (Å²) >= 11 is 0. The van der Waals surface area contributed by atoms with Crippen LogP contribution >= 0.6 is 0 Å². The second-order valence-corrected chi connectivity index (χ2v) is 10.8. The van der Waals surface area contributed by atoms with Crippen molar-refractivity contribution in [2.45, 2.75) is 64.0 Å². The third kappa shape index (κ3) is 6.11. The molecule has 1 fully saturated rings. The number of aromatic nitrogens is 5. The van der Waals surface area contributed by atoms with Crippen LogP contribution in [0.3, 0.4) is 0 Å². The Kier molecular flexibility index (Phi) is 7.58. The van der Waals surface area contributed by atoms with Crippen LogP contribution in [0.2, 0.25) is 0 Å². The van der Waals surface area contributed by atoms with Crippen LogP contribution in [0.4, 0.5) is 26.5 Å². The van der Waals surface area contributed by atoms with E-state index in [2.05, 4.69) is 15.4 Å². The Balaban J connectivity index is 1.31. The molecule has 14 heteroatoms. The van der Waals surface area contributed by atoms with E-state index < -0.39 is 28.9 Å². The zero-order chi connectivity index (χ0) is 29.3. The highest BCUT2D eigenvalue weighted by molar-refractivity contribution is 5.72. The van der Waals surface area contributed by atoms with E-state index in [1.165, 1.54) is 24.3 Å². The molecular formula is C27H30FN7O6. The van der Waals surface area contributed by atoms with E-state index in [1.807, 2.05) is 37.6 Å². The smallest absolute Gasteiger partial charge is 0.428 e. The molecule has 216 valence electrons. The van der Waals surface area contributed by atoms with Crippen LogP contribution in [0.5, 0.6) is 5.75 Å². The number of alkyl halides is 1. The number of halogens is 1. The van der Waals surface area contributed by atoms with Crippen LogP contribution in [0.15, 0.2) is 48.8 Å². The molecule has 3 aromatic heterocycles. The highest BCUT2D eigenvalue weighted by Gasteiger charge is 2.40. The van der Waals surface area contributed by atoms with Crippen molar-refractivity contribution in [1.29, 1.82) is 0 Å². The molecule has 0 saturated heterocycles. The summed E-state index contributed by atoms with van der Waals surface area (Å²) in [6.07, 6.45) is 0.201. The number of fused-ring (bicyclic) bond motifs is 1. The molecule has 13 nitrogen and oxygen atoms in total. The zero-order valence-electron chi connectivity index (χ0n) is 23.0. The molecule has 3 heterocycles. The predicted molar refractivity (Wildman–Crippen MR) is 145 cm³/mol. The number of nitro benzene ring substituents is 1. The number of non-ortho nitro benzene ring substituents is 1. The van der Waals surface area contributed by atoms with Gasteiger partial charge in [0, 0.05) is 43.6 Å². The molecule has 1 N–H and O–H groups in total. The van der Waals surface area contributed by atoms with Crippen molar-refractivity contribution in [1.82, 2.24) is 24.4 Å². The van der Waals surface area contributed by atoms with Crippen molar-refractivity contribution in [2.75, 3.05) is 12.4 Å². The van der Waals surface area contributed by atoms with Gasteiger partial charge in [0.2, 0.25) is 0 Å². The standard InChI is InChI=1S/C27H30FN7O6/c1-27(2,3)34-24(30-25-22-13-17(15-39-4)31-33(22)10-9-29-25)14-21(32-34)16-11-20(28)23(12-16)41-26(36)40-19-7-5-18(6-8-19)35(37)38/h5-10,13-14,16,20,23H,11-12,15H2,1-4H3,(H,29,30)/t16-,20+,23-/m1/s1. The van der Waals surface area contributed by atoms with Gasteiger partial charge < -0.3 is 19.5 Å². The molecule has 4 aromatic rings. The number of hydrogen-bond donors (Lipinski definition) is 1. The van der Waals surface area contributed by atoms with E-state index in [0.717, 1.165) is 11.2 Å². The minimum absolute atomic E-state index is 0.0568. The van der Waals surface area contributed by atoms with Crippen LogP contribution in [0.1, 0.15) is 50.9 Å². The first-order chi connectivity index (χ1) is 19.5. The number of carbonyl (C=O) groups excluding carboxylic acids is 1. The van der Waals surface area contributed by atoms with Crippen LogP contribution < -0.4 is 10.1 Å². The largest absolute Gasteiger partial charge is 0.514 e. The summed E-state index contributed by atoms with van der Waals surface area (Å²) in [5.41, 5.74) is 1.61. The lowest BCUT2D eigenvalue weighted by molar-refractivity contribution is -0.384. The molecule has 1 aliphatic carbocycles. The van der Waals surface area contributed by atoms with E-state index in [1.54, 1.807) is 24.0 Å². The number of methoxy groups -OCH3 is 1. The van der Waals surface area contributed by atoms with Gasteiger partial charge in [-0.2, -0.15) is 10.2 Å². The number of rotatable bonds is 8. The number of ether oxygens (including phenoxy) is 3. The number of carbonyl (C=O) groups is 1. The minimum Gasteiger partial charge on any atom is -0.428 e. The number of benzene rings is 1. The van der Waals surface area contributed by atoms with Gasteiger partial charge in [0.1, 0.15) is 29.4 Å². The Bertz CT molecular complexity index is 1560. The Morgan fingerprint density at radius 1 is 1.20 bits per heavy atom. The summed E-state index contributed by atoms with van der Waals surface area (Å²) < 4.78 is 34.1. The van der Waals surface area contributed by atoms with Gasteiger partial charge in [0.25, 0.3) is 5.69 Å². The highest BCUT2D eigenvalue weighted by atomic mass is 19.1. The van der Waals surface area contributed by atoms with Gasteiger partial charge >= 0.3 is 6.16 Å². The van der Waals surface area contributed by atoms with Gasteiger partial charge in [-0.15, -0.1) is 0 Å². The third-order valence-corrected chi connectivity index (χ3v) is 6.69. The quantitative estimate of drug-likeness (QED) is 0.129. The zero-order valence-corrected chi connectivity index (χ0v) is 23.0. The minimum atomic E-state index is -1.41. The highest BCUT2D eigenvalue weighted by Crippen LogP contribution is 2.39. The topological polar surface area (TPSA) is 148 Å². The van der Waals surface area contributed by atoms with E-state index in [4.69, 9.17) is 19.3 Å². The molecule has 0 aliphatic heterocycles. The first-order valence-corrected chi connectivity index (χ1v) is 13.0. The number of anilines is 2. The Hall–Kier alpha value is -4.59. The van der Waals surface area contributed by atoms with Crippen molar-refractivity contribution in [2.24, 2.45) is 0 Å². The molecule has 3 atom stereocenters. The van der Waals surface area contributed by atoms with Crippen LogP contribution in [-0.2, 0) is 21.6 Å². The fourth-order valence-electron chi connectivity index (χ4n) is 4.80.